The highest BCUT2D eigenvalue weighted by Gasteiger charge is 2.19. The van der Waals surface area contributed by atoms with E-state index in [9.17, 15) is 4.79 Å². The molecule has 0 radical (unpaired) electrons. The maximum Gasteiger partial charge on any atom is 0.254 e. The molecule has 1 heterocycles. The molecule has 0 atom stereocenters. The van der Waals surface area contributed by atoms with Crippen LogP contribution in [0.15, 0.2) is 34.8 Å². The van der Waals surface area contributed by atoms with Gasteiger partial charge in [-0.05, 0) is 65.4 Å². The number of para-hydroxylation sites is 1. The van der Waals surface area contributed by atoms with Gasteiger partial charge in [-0.2, -0.15) is 0 Å². The van der Waals surface area contributed by atoms with Crippen molar-refractivity contribution in [1.29, 1.82) is 0 Å². The van der Waals surface area contributed by atoms with E-state index in [1.807, 2.05) is 30.3 Å². The molecule has 0 saturated heterocycles. The Morgan fingerprint density at radius 1 is 1.24 bits per heavy atom. The number of primary amides is 1. The van der Waals surface area contributed by atoms with Crippen LogP contribution in [0.1, 0.15) is 34.5 Å². The highest BCUT2D eigenvalue weighted by atomic mass is 79.9. The van der Waals surface area contributed by atoms with Crippen LogP contribution in [0.2, 0.25) is 0 Å². The molecule has 0 spiro atoms. The van der Waals surface area contributed by atoms with Gasteiger partial charge in [0.25, 0.3) is 5.91 Å². The maximum atomic E-state index is 11.7. The van der Waals surface area contributed by atoms with Crippen LogP contribution in [0.5, 0.6) is 11.6 Å². The van der Waals surface area contributed by atoms with Gasteiger partial charge in [-0.25, -0.2) is 4.98 Å². The molecule has 0 aliphatic heterocycles. The summed E-state index contributed by atoms with van der Waals surface area (Å²) in [5.41, 5.74) is 7.92. The molecule has 0 fully saturated rings. The van der Waals surface area contributed by atoms with Crippen LogP contribution in [0.25, 0.3) is 0 Å². The topological polar surface area (TPSA) is 65.2 Å². The first kappa shape index (κ1) is 14.1. The highest BCUT2D eigenvalue weighted by molar-refractivity contribution is 9.10. The third-order valence-corrected chi connectivity index (χ3v) is 4.23. The van der Waals surface area contributed by atoms with Crippen molar-refractivity contribution in [2.75, 3.05) is 0 Å². The summed E-state index contributed by atoms with van der Waals surface area (Å²) in [5.74, 6) is 0.385. The van der Waals surface area contributed by atoms with E-state index in [2.05, 4.69) is 20.9 Å². The van der Waals surface area contributed by atoms with E-state index in [1.54, 1.807) is 0 Å². The number of amides is 1. The van der Waals surface area contributed by atoms with Crippen molar-refractivity contribution in [3.63, 3.8) is 0 Å². The smallest absolute Gasteiger partial charge is 0.254 e. The van der Waals surface area contributed by atoms with Gasteiger partial charge in [0.1, 0.15) is 11.3 Å². The Morgan fingerprint density at radius 3 is 2.76 bits per heavy atom. The summed E-state index contributed by atoms with van der Waals surface area (Å²) < 4.78 is 6.61. The van der Waals surface area contributed by atoms with Gasteiger partial charge in [0, 0.05) is 5.69 Å². The predicted molar refractivity (Wildman–Crippen MR) is 83.6 cm³/mol. The Bertz CT molecular complexity index is 701. The SMILES string of the molecule is NC(=O)c1cc2c(nc1Oc1ccccc1Br)CCCC2. The number of rotatable bonds is 3. The lowest BCUT2D eigenvalue weighted by atomic mass is 9.95. The molecule has 21 heavy (non-hydrogen) atoms. The third kappa shape index (κ3) is 2.93. The van der Waals surface area contributed by atoms with Gasteiger partial charge in [0.05, 0.1) is 4.47 Å². The van der Waals surface area contributed by atoms with E-state index in [0.29, 0.717) is 11.3 Å². The van der Waals surface area contributed by atoms with Crippen LogP contribution in [-0.4, -0.2) is 10.9 Å². The summed E-state index contributed by atoms with van der Waals surface area (Å²) in [7, 11) is 0. The van der Waals surface area contributed by atoms with Crippen molar-refractivity contribution in [1.82, 2.24) is 4.98 Å². The molecule has 0 bridgehead atoms. The molecule has 2 N–H and O–H groups in total. The lowest BCUT2D eigenvalue weighted by molar-refractivity contribution is 0.0997. The second-order valence-corrected chi connectivity index (χ2v) is 5.91. The summed E-state index contributed by atoms with van der Waals surface area (Å²) in [6.45, 7) is 0. The van der Waals surface area contributed by atoms with Gasteiger partial charge in [-0.3, -0.25) is 4.79 Å². The summed E-state index contributed by atoms with van der Waals surface area (Å²) in [4.78, 5) is 16.2. The zero-order chi connectivity index (χ0) is 14.8. The van der Waals surface area contributed by atoms with Crippen molar-refractivity contribution < 1.29 is 9.53 Å². The number of fused-ring (bicyclic) bond motifs is 1. The normalized spacial score (nSPS) is 13.6. The molecule has 1 aromatic carbocycles. The van der Waals surface area contributed by atoms with Gasteiger partial charge in [-0.1, -0.05) is 12.1 Å². The van der Waals surface area contributed by atoms with Crippen LogP contribution in [-0.2, 0) is 12.8 Å². The second-order valence-electron chi connectivity index (χ2n) is 5.05. The van der Waals surface area contributed by atoms with Crippen molar-refractivity contribution in [3.05, 3.63) is 51.6 Å². The van der Waals surface area contributed by atoms with Gasteiger partial charge >= 0.3 is 0 Å². The molecule has 0 saturated carbocycles. The zero-order valence-electron chi connectivity index (χ0n) is 11.4. The molecule has 1 aliphatic rings. The fourth-order valence-corrected chi connectivity index (χ4v) is 2.87. The highest BCUT2D eigenvalue weighted by Crippen LogP contribution is 2.32. The maximum absolute atomic E-state index is 11.7. The molecule has 2 aromatic rings. The number of aromatic nitrogens is 1. The minimum atomic E-state index is -0.516. The van der Waals surface area contributed by atoms with E-state index in [-0.39, 0.29) is 5.88 Å². The third-order valence-electron chi connectivity index (χ3n) is 3.57. The Morgan fingerprint density at radius 2 is 2.00 bits per heavy atom. The van der Waals surface area contributed by atoms with E-state index in [4.69, 9.17) is 10.5 Å². The average Bonchev–Trinajstić information content (AvgIpc) is 2.48. The lowest BCUT2D eigenvalue weighted by Crippen LogP contribution is -2.16. The number of hydrogen-bond acceptors (Lipinski definition) is 3. The van der Waals surface area contributed by atoms with Crippen molar-refractivity contribution in [2.45, 2.75) is 25.7 Å². The minimum absolute atomic E-state index is 0.287. The summed E-state index contributed by atoms with van der Waals surface area (Å²) in [5, 5.41) is 0. The Hall–Kier alpha value is -1.88. The number of hydrogen-bond donors (Lipinski definition) is 1. The van der Waals surface area contributed by atoms with Gasteiger partial charge < -0.3 is 10.5 Å². The molecule has 1 amide bonds. The first-order valence-corrected chi connectivity index (χ1v) is 7.69. The number of pyridine rings is 1. The quantitative estimate of drug-likeness (QED) is 0.922. The molecule has 0 unspecified atom stereocenters. The monoisotopic (exact) mass is 346 g/mol. The molecule has 4 nitrogen and oxygen atoms in total. The number of benzene rings is 1. The Balaban J connectivity index is 2.04. The predicted octanol–water partition coefficient (Wildman–Crippen LogP) is 3.61. The fourth-order valence-electron chi connectivity index (χ4n) is 2.50. The van der Waals surface area contributed by atoms with Crippen molar-refractivity contribution >= 4 is 21.8 Å². The van der Waals surface area contributed by atoms with Crippen LogP contribution in [0.4, 0.5) is 0 Å². The molecule has 3 rings (SSSR count). The van der Waals surface area contributed by atoms with Gasteiger partial charge in [-0.15, -0.1) is 0 Å². The van der Waals surface area contributed by atoms with E-state index >= 15 is 0 Å². The van der Waals surface area contributed by atoms with Crippen LogP contribution in [0.3, 0.4) is 0 Å². The lowest BCUT2D eigenvalue weighted by Gasteiger charge is -2.18. The van der Waals surface area contributed by atoms with E-state index in [1.165, 1.54) is 0 Å². The van der Waals surface area contributed by atoms with E-state index < -0.39 is 5.91 Å². The van der Waals surface area contributed by atoms with Crippen LogP contribution >= 0.6 is 15.9 Å². The second kappa shape index (κ2) is 5.85. The van der Waals surface area contributed by atoms with Gasteiger partial charge in [0.15, 0.2) is 0 Å². The first-order chi connectivity index (χ1) is 10.1. The Kier molecular flexibility index (Phi) is 3.92. The van der Waals surface area contributed by atoms with Crippen LogP contribution < -0.4 is 10.5 Å². The molecule has 108 valence electrons. The molecule has 1 aliphatic carbocycles. The largest absolute Gasteiger partial charge is 0.437 e. The number of aryl methyl sites for hydroxylation is 2. The minimum Gasteiger partial charge on any atom is -0.437 e. The van der Waals surface area contributed by atoms with Crippen LogP contribution in [0, 0.1) is 0 Å². The number of carbonyl (C=O) groups is 1. The summed E-state index contributed by atoms with van der Waals surface area (Å²) >= 11 is 3.42. The molecular weight excluding hydrogens is 332 g/mol. The standard InChI is InChI=1S/C16H15BrN2O2/c17-12-6-2-4-8-14(12)21-16-11(15(18)20)9-10-5-1-3-7-13(10)19-16/h2,4,6,8-9H,1,3,5,7H2,(H2,18,20). The molecular formula is C16H15BrN2O2. The fraction of sp³-hybridized carbons (Fsp3) is 0.250. The zero-order valence-corrected chi connectivity index (χ0v) is 13.0. The number of ether oxygens (including phenoxy) is 1. The molecule has 1 aromatic heterocycles. The van der Waals surface area contributed by atoms with E-state index in [0.717, 1.165) is 41.4 Å². The number of nitrogens with two attached hydrogens (primary N) is 1. The first-order valence-electron chi connectivity index (χ1n) is 6.90. The summed E-state index contributed by atoms with van der Waals surface area (Å²) in [6, 6.07) is 9.28. The average molecular weight is 347 g/mol. The Labute approximate surface area is 131 Å². The number of halogens is 1. The van der Waals surface area contributed by atoms with Crippen molar-refractivity contribution in [2.24, 2.45) is 5.73 Å². The summed E-state index contributed by atoms with van der Waals surface area (Å²) in [6.07, 6.45) is 4.10. The molecule has 5 heteroatoms. The number of carbonyl (C=O) groups excluding carboxylic acids is 1. The van der Waals surface area contributed by atoms with Gasteiger partial charge in [0.2, 0.25) is 5.88 Å². The number of nitrogens with zero attached hydrogens (tertiary/aromatic N) is 1. The van der Waals surface area contributed by atoms with Crippen molar-refractivity contribution in [3.8, 4) is 11.6 Å².